The van der Waals surface area contributed by atoms with Crippen molar-refractivity contribution in [3.8, 4) is 0 Å². The Kier molecular flexibility index (Phi) is 5.12. The van der Waals surface area contributed by atoms with Crippen molar-refractivity contribution in [3.05, 3.63) is 106 Å². The maximum absolute atomic E-state index is 13.5. The van der Waals surface area contributed by atoms with Crippen LogP contribution in [0.15, 0.2) is 72.8 Å². The first-order valence-electron chi connectivity index (χ1n) is 9.41. The summed E-state index contributed by atoms with van der Waals surface area (Å²) in [6.07, 6.45) is 0.750. The van der Waals surface area contributed by atoms with E-state index in [4.69, 9.17) is 4.74 Å². The van der Waals surface area contributed by atoms with Gasteiger partial charge in [-0.2, -0.15) is 0 Å². The Bertz CT molecular complexity index is 1040. The van der Waals surface area contributed by atoms with Gasteiger partial charge in [-0.25, -0.2) is 9.18 Å². The van der Waals surface area contributed by atoms with E-state index in [0.29, 0.717) is 17.7 Å². The van der Waals surface area contributed by atoms with Crippen LogP contribution in [0.2, 0.25) is 0 Å². The second-order valence-electron chi connectivity index (χ2n) is 6.97. The van der Waals surface area contributed by atoms with Gasteiger partial charge in [0.1, 0.15) is 5.82 Å². The van der Waals surface area contributed by atoms with E-state index < -0.39 is 5.97 Å². The molecule has 1 atom stereocenters. The minimum Gasteiger partial charge on any atom is -0.465 e. The average Bonchev–Trinajstić information content (AvgIpc) is 2.78. The average molecular weight is 389 g/mol. The number of nitrogens with zero attached hydrogens (tertiary/aromatic N) is 1. The van der Waals surface area contributed by atoms with Crippen LogP contribution in [-0.2, 0) is 11.2 Å². The van der Waals surface area contributed by atoms with Gasteiger partial charge in [-0.15, -0.1) is 0 Å². The van der Waals surface area contributed by atoms with Crippen LogP contribution in [0, 0.1) is 5.82 Å². The van der Waals surface area contributed by atoms with Crippen molar-refractivity contribution in [2.45, 2.75) is 12.5 Å². The van der Waals surface area contributed by atoms with Gasteiger partial charge in [0.25, 0.3) is 5.91 Å². The molecule has 0 saturated heterocycles. The summed E-state index contributed by atoms with van der Waals surface area (Å²) >= 11 is 0. The van der Waals surface area contributed by atoms with E-state index in [2.05, 4.69) is 6.07 Å². The fourth-order valence-corrected chi connectivity index (χ4v) is 3.82. The van der Waals surface area contributed by atoms with E-state index in [9.17, 15) is 14.0 Å². The molecule has 0 bridgehead atoms. The van der Waals surface area contributed by atoms with E-state index in [1.54, 1.807) is 36.4 Å². The fourth-order valence-electron chi connectivity index (χ4n) is 3.82. The minimum absolute atomic E-state index is 0.134. The molecule has 29 heavy (non-hydrogen) atoms. The third kappa shape index (κ3) is 3.63. The Morgan fingerprint density at radius 3 is 2.28 bits per heavy atom. The van der Waals surface area contributed by atoms with Gasteiger partial charge in [0, 0.05) is 12.1 Å². The molecule has 0 fully saturated rings. The molecule has 1 heterocycles. The van der Waals surface area contributed by atoms with Crippen LogP contribution >= 0.6 is 0 Å². The molecule has 1 aliphatic rings. The fraction of sp³-hybridized carbons (Fsp3) is 0.167. The molecule has 0 N–H and O–H groups in total. The van der Waals surface area contributed by atoms with Crippen molar-refractivity contribution in [2.75, 3.05) is 13.7 Å². The molecule has 146 valence electrons. The Balaban J connectivity index is 1.72. The molecule has 0 spiro atoms. The molecule has 0 aromatic heterocycles. The summed E-state index contributed by atoms with van der Waals surface area (Å²) in [6, 6.07) is 20.5. The Labute approximate surface area is 168 Å². The molecule has 4 rings (SSSR count). The molecular weight excluding hydrogens is 369 g/mol. The van der Waals surface area contributed by atoms with E-state index in [-0.39, 0.29) is 17.8 Å². The third-order valence-corrected chi connectivity index (χ3v) is 5.28. The lowest BCUT2D eigenvalue weighted by atomic mass is 9.87. The zero-order chi connectivity index (χ0) is 20.4. The number of ether oxygens (including phenoxy) is 1. The number of benzene rings is 3. The summed E-state index contributed by atoms with van der Waals surface area (Å²) in [5, 5.41) is 0. The quantitative estimate of drug-likeness (QED) is 0.624. The van der Waals surface area contributed by atoms with Gasteiger partial charge in [0.05, 0.1) is 18.7 Å². The number of methoxy groups -OCH3 is 1. The maximum atomic E-state index is 13.5. The van der Waals surface area contributed by atoms with Crippen molar-refractivity contribution in [1.29, 1.82) is 0 Å². The number of carbonyl (C=O) groups excluding carboxylic acids is 2. The number of halogens is 1. The first-order valence-corrected chi connectivity index (χ1v) is 9.41. The standard InChI is InChI=1S/C24H20FNO3/c1-29-24(28)19-8-6-18(7-9-19)23(27)26-15-14-16-4-2-3-5-21(16)22(26)17-10-12-20(25)13-11-17/h2-13,22H,14-15H2,1H3. The van der Waals surface area contributed by atoms with Crippen LogP contribution in [-0.4, -0.2) is 30.4 Å². The topological polar surface area (TPSA) is 46.6 Å². The van der Waals surface area contributed by atoms with Crippen LogP contribution in [0.5, 0.6) is 0 Å². The van der Waals surface area contributed by atoms with Crippen LogP contribution < -0.4 is 0 Å². The number of hydrogen-bond donors (Lipinski definition) is 0. The van der Waals surface area contributed by atoms with Gasteiger partial charge in [-0.05, 0) is 59.5 Å². The summed E-state index contributed by atoms with van der Waals surface area (Å²) in [7, 11) is 1.32. The number of rotatable bonds is 3. The first kappa shape index (κ1) is 18.9. The number of hydrogen-bond acceptors (Lipinski definition) is 3. The second-order valence-corrected chi connectivity index (χ2v) is 6.97. The van der Waals surface area contributed by atoms with E-state index in [0.717, 1.165) is 17.5 Å². The summed E-state index contributed by atoms with van der Waals surface area (Å²) in [4.78, 5) is 26.8. The van der Waals surface area contributed by atoms with Gasteiger partial charge in [-0.1, -0.05) is 36.4 Å². The van der Waals surface area contributed by atoms with Crippen molar-refractivity contribution in [2.24, 2.45) is 0 Å². The lowest BCUT2D eigenvalue weighted by Gasteiger charge is -2.38. The Hall–Kier alpha value is -3.47. The monoisotopic (exact) mass is 389 g/mol. The summed E-state index contributed by atoms with van der Waals surface area (Å²) in [5.74, 6) is -0.889. The molecular formula is C24H20FNO3. The normalized spacial score (nSPS) is 15.5. The van der Waals surface area contributed by atoms with Gasteiger partial charge < -0.3 is 9.64 Å². The predicted octanol–water partition coefficient (Wildman–Crippen LogP) is 4.40. The van der Waals surface area contributed by atoms with Crippen molar-refractivity contribution in [3.63, 3.8) is 0 Å². The van der Waals surface area contributed by atoms with Gasteiger partial charge in [0.15, 0.2) is 0 Å². The number of esters is 1. The highest BCUT2D eigenvalue weighted by atomic mass is 19.1. The van der Waals surface area contributed by atoms with Crippen molar-refractivity contribution >= 4 is 11.9 Å². The minimum atomic E-state index is -0.444. The van der Waals surface area contributed by atoms with Gasteiger partial charge in [0.2, 0.25) is 0 Å². The Morgan fingerprint density at radius 2 is 1.59 bits per heavy atom. The van der Waals surface area contributed by atoms with Crippen molar-refractivity contribution in [1.82, 2.24) is 4.90 Å². The highest BCUT2D eigenvalue weighted by Gasteiger charge is 2.32. The first-order chi connectivity index (χ1) is 14.1. The van der Waals surface area contributed by atoms with Crippen LogP contribution in [0.25, 0.3) is 0 Å². The van der Waals surface area contributed by atoms with E-state index in [1.807, 2.05) is 23.1 Å². The summed E-state index contributed by atoms with van der Waals surface area (Å²) in [5.41, 5.74) is 3.97. The molecule has 0 saturated carbocycles. The molecule has 0 radical (unpaired) electrons. The zero-order valence-corrected chi connectivity index (χ0v) is 16.0. The van der Waals surface area contributed by atoms with Crippen LogP contribution in [0.4, 0.5) is 4.39 Å². The molecule has 3 aromatic carbocycles. The largest absolute Gasteiger partial charge is 0.465 e. The molecule has 4 nitrogen and oxygen atoms in total. The summed E-state index contributed by atoms with van der Waals surface area (Å²) < 4.78 is 18.2. The number of fused-ring (bicyclic) bond motifs is 1. The second kappa shape index (κ2) is 7.87. The molecule has 1 aliphatic heterocycles. The van der Waals surface area contributed by atoms with E-state index >= 15 is 0 Å². The molecule has 5 heteroatoms. The Morgan fingerprint density at radius 1 is 0.931 bits per heavy atom. The number of carbonyl (C=O) groups is 2. The molecule has 1 unspecified atom stereocenters. The lowest BCUT2D eigenvalue weighted by molar-refractivity contribution is 0.0599. The summed E-state index contributed by atoms with van der Waals surface area (Å²) in [6.45, 7) is 0.552. The smallest absolute Gasteiger partial charge is 0.337 e. The van der Waals surface area contributed by atoms with Gasteiger partial charge in [-0.3, -0.25) is 4.79 Å². The predicted molar refractivity (Wildman–Crippen MR) is 107 cm³/mol. The van der Waals surface area contributed by atoms with Crippen LogP contribution in [0.1, 0.15) is 43.4 Å². The molecule has 3 aromatic rings. The van der Waals surface area contributed by atoms with Crippen molar-refractivity contribution < 1.29 is 18.7 Å². The SMILES string of the molecule is COC(=O)c1ccc(C(=O)N2CCc3ccccc3C2c2ccc(F)cc2)cc1. The lowest BCUT2D eigenvalue weighted by Crippen LogP contribution is -2.40. The number of amides is 1. The van der Waals surface area contributed by atoms with Gasteiger partial charge >= 0.3 is 5.97 Å². The molecule has 1 amide bonds. The van der Waals surface area contributed by atoms with E-state index in [1.165, 1.54) is 24.8 Å². The third-order valence-electron chi connectivity index (χ3n) is 5.28. The maximum Gasteiger partial charge on any atom is 0.337 e. The highest BCUT2D eigenvalue weighted by Crippen LogP contribution is 2.36. The highest BCUT2D eigenvalue weighted by molar-refractivity contribution is 5.96. The van der Waals surface area contributed by atoms with Crippen LogP contribution in [0.3, 0.4) is 0 Å². The molecule has 0 aliphatic carbocycles. The zero-order valence-electron chi connectivity index (χ0n) is 16.0.